The Hall–Kier alpha value is -1.76. The van der Waals surface area contributed by atoms with Gasteiger partial charge in [-0.05, 0) is 67.2 Å². The third-order valence-corrected chi connectivity index (χ3v) is 6.28. The summed E-state index contributed by atoms with van der Waals surface area (Å²) in [7, 11) is -3.65. The zero-order valence-electron chi connectivity index (χ0n) is 15.0. The molecule has 0 aromatic heterocycles. The lowest BCUT2D eigenvalue weighted by Gasteiger charge is -2.30. The van der Waals surface area contributed by atoms with E-state index in [1.807, 2.05) is 18.2 Å². The second kappa shape index (κ2) is 8.29. The number of nitrogens with one attached hydrogen (secondary N) is 1. The highest BCUT2D eigenvalue weighted by atomic mass is 32.2. The van der Waals surface area contributed by atoms with Crippen LogP contribution >= 0.6 is 0 Å². The molecule has 0 aliphatic carbocycles. The number of benzene rings is 2. The van der Waals surface area contributed by atoms with Crippen molar-refractivity contribution < 1.29 is 12.8 Å². The molecule has 0 amide bonds. The van der Waals surface area contributed by atoms with Crippen molar-refractivity contribution in [2.24, 2.45) is 5.92 Å². The molecular formula is C20H25FN2O2S. The first-order chi connectivity index (χ1) is 12.4. The van der Waals surface area contributed by atoms with Gasteiger partial charge in [0.25, 0.3) is 0 Å². The molecule has 0 saturated carbocycles. The maximum Gasteiger partial charge on any atom is 0.240 e. The minimum absolute atomic E-state index is 0.0671. The van der Waals surface area contributed by atoms with E-state index >= 15 is 0 Å². The molecule has 0 atom stereocenters. The Labute approximate surface area is 155 Å². The summed E-state index contributed by atoms with van der Waals surface area (Å²) in [5.74, 6) is 0.349. The molecule has 2 aromatic carbocycles. The minimum atomic E-state index is -3.65. The standard InChI is InChI=1S/C20H25FN2O2S/c1-16-9-11-23(12-10-16)15-18-4-2-3-17(13-18)14-22-26(24,25)20-7-5-19(21)6-8-20/h2-8,13,16,22H,9-12,14-15H2,1H3. The number of rotatable bonds is 6. The van der Waals surface area contributed by atoms with Gasteiger partial charge in [0, 0.05) is 13.1 Å². The fourth-order valence-electron chi connectivity index (χ4n) is 3.19. The zero-order chi connectivity index (χ0) is 18.6. The summed E-state index contributed by atoms with van der Waals surface area (Å²) in [6.07, 6.45) is 2.47. The Kier molecular flexibility index (Phi) is 6.06. The molecule has 2 aromatic rings. The molecule has 6 heteroatoms. The molecule has 1 aliphatic rings. The van der Waals surface area contributed by atoms with Crippen LogP contribution in [0, 0.1) is 11.7 Å². The van der Waals surface area contributed by atoms with Crippen molar-refractivity contribution in [2.75, 3.05) is 13.1 Å². The van der Waals surface area contributed by atoms with Crippen LogP contribution in [-0.4, -0.2) is 26.4 Å². The second-order valence-electron chi connectivity index (χ2n) is 7.06. The van der Waals surface area contributed by atoms with Gasteiger partial charge in [-0.15, -0.1) is 0 Å². The minimum Gasteiger partial charge on any atom is -0.299 e. The first-order valence-corrected chi connectivity index (χ1v) is 10.5. The average molecular weight is 376 g/mol. The number of sulfonamides is 1. The molecule has 1 heterocycles. The number of hydrogen-bond donors (Lipinski definition) is 1. The lowest BCUT2D eigenvalue weighted by Crippen LogP contribution is -2.32. The van der Waals surface area contributed by atoms with E-state index in [1.165, 1.54) is 30.5 Å². The third-order valence-electron chi connectivity index (χ3n) is 4.86. The Morgan fingerprint density at radius 3 is 2.42 bits per heavy atom. The lowest BCUT2D eigenvalue weighted by atomic mass is 9.98. The Morgan fingerprint density at radius 1 is 1.08 bits per heavy atom. The molecule has 4 nitrogen and oxygen atoms in total. The smallest absolute Gasteiger partial charge is 0.240 e. The van der Waals surface area contributed by atoms with Crippen molar-refractivity contribution in [1.82, 2.24) is 9.62 Å². The van der Waals surface area contributed by atoms with E-state index in [4.69, 9.17) is 0 Å². The molecule has 0 unspecified atom stereocenters. The lowest BCUT2D eigenvalue weighted by molar-refractivity contribution is 0.185. The van der Waals surface area contributed by atoms with Gasteiger partial charge >= 0.3 is 0 Å². The summed E-state index contributed by atoms with van der Waals surface area (Å²) in [5, 5.41) is 0. The van der Waals surface area contributed by atoms with Crippen LogP contribution in [0.1, 0.15) is 30.9 Å². The summed E-state index contributed by atoms with van der Waals surface area (Å²) in [6.45, 7) is 5.63. The van der Waals surface area contributed by atoms with Crippen LogP contribution in [0.15, 0.2) is 53.4 Å². The van der Waals surface area contributed by atoms with Gasteiger partial charge in [0.2, 0.25) is 10.0 Å². The van der Waals surface area contributed by atoms with E-state index in [0.29, 0.717) is 0 Å². The predicted molar refractivity (Wildman–Crippen MR) is 101 cm³/mol. The zero-order valence-corrected chi connectivity index (χ0v) is 15.8. The number of nitrogens with zero attached hydrogens (tertiary/aromatic N) is 1. The van der Waals surface area contributed by atoms with E-state index < -0.39 is 15.8 Å². The van der Waals surface area contributed by atoms with Gasteiger partial charge in [0.1, 0.15) is 5.82 Å². The molecule has 0 bridgehead atoms. The van der Waals surface area contributed by atoms with Gasteiger partial charge in [0.15, 0.2) is 0 Å². The molecule has 0 spiro atoms. The molecule has 26 heavy (non-hydrogen) atoms. The molecule has 1 aliphatic heterocycles. The van der Waals surface area contributed by atoms with Gasteiger partial charge in [-0.25, -0.2) is 17.5 Å². The highest BCUT2D eigenvalue weighted by Gasteiger charge is 2.16. The molecule has 0 radical (unpaired) electrons. The normalized spacial score (nSPS) is 16.7. The van der Waals surface area contributed by atoms with Gasteiger partial charge in [0.05, 0.1) is 4.90 Å². The number of piperidine rings is 1. The van der Waals surface area contributed by atoms with Crippen LogP contribution in [-0.2, 0) is 23.1 Å². The highest BCUT2D eigenvalue weighted by molar-refractivity contribution is 7.89. The van der Waals surface area contributed by atoms with Crippen LogP contribution in [0.4, 0.5) is 4.39 Å². The van der Waals surface area contributed by atoms with Crippen LogP contribution in [0.3, 0.4) is 0 Å². The van der Waals surface area contributed by atoms with E-state index in [1.54, 1.807) is 0 Å². The predicted octanol–water partition coefficient (Wildman–Crippen LogP) is 3.54. The molecule has 1 saturated heterocycles. The van der Waals surface area contributed by atoms with E-state index in [2.05, 4.69) is 22.6 Å². The highest BCUT2D eigenvalue weighted by Crippen LogP contribution is 2.19. The average Bonchev–Trinajstić information content (AvgIpc) is 2.63. The van der Waals surface area contributed by atoms with Crippen LogP contribution < -0.4 is 4.72 Å². The van der Waals surface area contributed by atoms with Gasteiger partial charge in [-0.2, -0.15) is 0 Å². The second-order valence-corrected chi connectivity index (χ2v) is 8.82. The first kappa shape index (κ1) is 19.0. The number of likely N-dealkylation sites (tertiary alicyclic amines) is 1. The van der Waals surface area contributed by atoms with E-state index in [0.717, 1.165) is 43.2 Å². The molecular weight excluding hydrogens is 351 g/mol. The van der Waals surface area contributed by atoms with Crippen molar-refractivity contribution in [3.8, 4) is 0 Å². The monoisotopic (exact) mass is 376 g/mol. The SMILES string of the molecule is CC1CCN(Cc2cccc(CNS(=O)(=O)c3ccc(F)cc3)c2)CC1. The molecule has 140 valence electrons. The third kappa shape index (κ3) is 5.13. The molecule has 1 fully saturated rings. The maximum atomic E-state index is 13.0. The van der Waals surface area contributed by atoms with Crippen LogP contribution in [0.5, 0.6) is 0 Å². The van der Waals surface area contributed by atoms with Gasteiger partial charge in [-0.3, -0.25) is 4.90 Å². The first-order valence-electron chi connectivity index (χ1n) is 8.98. The summed E-state index contributed by atoms with van der Waals surface area (Å²) in [6, 6.07) is 12.8. The quantitative estimate of drug-likeness (QED) is 0.839. The van der Waals surface area contributed by atoms with Crippen molar-refractivity contribution in [3.05, 3.63) is 65.5 Å². The fourth-order valence-corrected chi connectivity index (χ4v) is 4.21. The van der Waals surface area contributed by atoms with E-state index in [-0.39, 0.29) is 11.4 Å². The van der Waals surface area contributed by atoms with Crippen molar-refractivity contribution in [2.45, 2.75) is 37.8 Å². The fraction of sp³-hybridized carbons (Fsp3) is 0.400. The summed E-state index contributed by atoms with van der Waals surface area (Å²) in [5.41, 5.74) is 2.11. The largest absolute Gasteiger partial charge is 0.299 e. The van der Waals surface area contributed by atoms with Crippen molar-refractivity contribution in [1.29, 1.82) is 0 Å². The Morgan fingerprint density at radius 2 is 1.73 bits per heavy atom. The Bertz CT molecular complexity index is 829. The van der Waals surface area contributed by atoms with Crippen molar-refractivity contribution in [3.63, 3.8) is 0 Å². The van der Waals surface area contributed by atoms with Crippen molar-refractivity contribution >= 4 is 10.0 Å². The summed E-state index contributed by atoms with van der Waals surface area (Å²) < 4.78 is 40.2. The summed E-state index contributed by atoms with van der Waals surface area (Å²) in [4.78, 5) is 2.51. The summed E-state index contributed by atoms with van der Waals surface area (Å²) >= 11 is 0. The van der Waals surface area contributed by atoms with E-state index in [9.17, 15) is 12.8 Å². The van der Waals surface area contributed by atoms with Crippen LogP contribution in [0.25, 0.3) is 0 Å². The van der Waals surface area contributed by atoms with Crippen LogP contribution in [0.2, 0.25) is 0 Å². The molecule has 1 N–H and O–H groups in total. The number of halogens is 1. The van der Waals surface area contributed by atoms with Gasteiger partial charge < -0.3 is 0 Å². The van der Waals surface area contributed by atoms with Gasteiger partial charge in [-0.1, -0.05) is 31.2 Å². The Balaban J connectivity index is 1.60. The maximum absolute atomic E-state index is 13.0. The number of hydrogen-bond acceptors (Lipinski definition) is 3. The topological polar surface area (TPSA) is 49.4 Å². The molecule has 3 rings (SSSR count).